The van der Waals surface area contributed by atoms with Gasteiger partial charge < -0.3 is 15.2 Å². The molecule has 1 aromatic rings. The van der Waals surface area contributed by atoms with Gasteiger partial charge in [0.05, 0.1) is 17.8 Å². The second kappa shape index (κ2) is 11.7. The van der Waals surface area contributed by atoms with Crippen molar-refractivity contribution in [2.45, 2.75) is 104 Å². The molecule has 1 unspecified atom stereocenters. The van der Waals surface area contributed by atoms with Gasteiger partial charge in [-0.05, 0) is 112 Å². The second-order valence-corrected chi connectivity index (χ2v) is 12.6. The van der Waals surface area contributed by atoms with Crippen LogP contribution in [-0.4, -0.2) is 35.9 Å². The molecule has 3 saturated carbocycles. The Labute approximate surface area is 221 Å². The Hall–Kier alpha value is -1.53. The molecule has 0 saturated heterocycles. The summed E-state index contributed by atoms with van der Waals surface area (Å²) in [6.07, 6.45) is 10.8. The fraction of sp³-hybridized carbons (Fsp3) is 0.774. The minimum absolute atomic E-state index is 0.0672. The number of carbonyl (C=O) groups is 1. The van der Waals surface area contributed by atoms with Crippen molar-refractivity contribution in [1.82, 2.24) is 5.32 Å². The van der Waals surface area contributed by atoms with Gasteiger partial charge in [-0.2, -0.15) is 0 Å². The van der Waals surface area contributed by atoms with Crippen molar-refractivity contribution in [3.05, 3.63) is 35.4 Å². The van der Waals surface area contributed by atoms with Crippen LogP contribution in [0, 0.1) is 46.6 Å². The molecule has 0 radical (unpaired) electrons. The van der Waals surface area contributed by atoms with Gasteiger partial charge in [-0.3, -0.25) is 4.79 Å². The van der Waals surface area contributed by atoms with Crippen molar-refractivity contribution < 1.29 is 23.4 Å². The summed E-state index contributed by atoms with van der Waals surface area (Å²) in [7, 11) is 0. The van der Waals surface area contributed by atoms with E-state index in [-0.39, 0.29) is 17.0 Å². The Kier molecular flexibility index (Phi) is 9.00. The topological polar surface area (TPSA) is 58.6 Å². The maximum Gasteiger partial charge on any atom is 0.254 e. The molecule has 1 aromatic carbocycles. The molecule has 3 aliphatic rings. The summed E-state index contributed by atoms with van der Waals surface area (Å²) in [5.74, 6) is 1.03. The first-order valence-electron chi connectivity index (χ1n) is 14.7. The molecule has 6 heteroatoms. The van der Waals surface area contributed by atoms with E-state index in [1.807, 2.05) is 13.8 Å². The zero-order valence-corrected chi connectivity index (χ0v) is 23.2. The molecule has 8 atom stereocenters. The number of nitrogens with one attached hydrogen (secondary N) is 1. The van der Waals surface area contributed by atoms with Gasteiger partial charge in [0.15, 0.2) is 0 Å². The minimum Gasteiger partial charge on any atom is -0.387 e. The van der Waals surface area contributed by atoms with Crippen molar-refractivity contribution in [3.8, 4) is 0 Å². The Balaban J connectivity index is 1.38. The maximum absolute atomic E-state index is 14.2. The molecule has 4 rings (SSSR count). The first-order valence-corrected chi connectivity index (χ1v) is 14.7. The number of carbonyl (C=O) groups excluding carboxylic acids is 1. The lowest BCUT2D eigenvalue weighted by Crippen LogP contribution is -2.49. The lowest BCUT2D eigenvalue weighted by Gasteiger charge is -2.53. The van der Waals surface area contributed by atoms with Gasteiger partial charge in [-0.15, -0.1) is 0 Å². The van der Waals surface area contributed by atoms with Crippen LogP contribution in [0.3, 0.4) is 0 Å². The van der Waals surface area contributed by atoms with Gasteiger partial charge in [-0.25, -0.2) is 8.78 Å². The molecule has 4 nitrogen and oxygen atoms in total. The molecule has 37 heavy (non-hydrogen) atoms. The molecule has 0 heterocycles. The third-order valence-electron chi connectivity index (χ3n) is 10.3. The molecule has 208 valence electrons. The summed E-state index contributed by atoms with van der Waals surface area (Å²) in [4.78, 5) is 12.8. The molecule has 3 fully saturated rings. The number of fused-ring (bicyclic) bond motifs is 3. The monoisotopic (exact) mass is 519 g/mol. The minimum atomic E-state index is -0.815. The average Bonchev–Trinajstić information content (AvgIpc) is 3.20. The summed E-state index contributed by atoms with van der Waals surface area (Å²) in [6.45, 7) is 9.66. The van der Waals surface area contributed by atoms with E-state index >= 15 is 0 Å². The van der Waals surface area contributed by atoms with E-state index in [0.717, 1.165) is 44.2 Å². The third kappa shape index (κ3) is 6.06. The molecular formula is C31H47F2NO3. The first-order chi connectivity index (χ1) is 17.6. The van der Waals surface area contributed by atoms with Gasteiger partial charge in [0.25, 0.3) is 5.91 Å². The van der Waals surface area contributed by atoms with Gasteiger partial charge in [0.1, 0.15) is 11.6 Å². The van der Waals surface area contributed by atoms with Crippen LogP contribution in [0.15, 0.2) is 18.2 Å². The smallest absolute Gasteiger partial charge is 0.254 e. The van der Waals surface area contributed by atoms with Crippen LogP contribution in [0.4, 0.5) is 8.78 Å². The Morgan fingerprint density at radius 2 is 2.00 bits per heavy atom. The van der Waals surface area contributed by atoms with Crippen molar-refractivity contribution >= 4 is 5.91 Å². The number of halogens is 2. The zero-order valence-electron chi connectivity index (χ0n) is 23.2. The van der Waals surface area contributed by atoms with Gasteiger partial charge >= 0.3 is 0 Å². The number of aliphatic hydroxyl groups is 1. The number of hydrogen-bond donors (Lipinski definition) is 2. The van der Waals surface area contributed by atoms with Crippen molar-refractivity contribution in [2.24, 2.45) is 35.0 Å². The molecule has 2 N–H and O–H groups in total. The predicted molar refractivity (Wildman–Crippen MR) is 142 cm³/mol. The zero-order chi connectivity index (χ0) is 26.8. The maximum atomic E-state index is 14.2. The highest BCUT2D eigenvalue weighted by Gasteiger charge is 2.56. The molecule has 3 aliphatic carbocycles. The number of amides is 1. The van der Waals surface area contributed by atoms with E-state index < -0.39 is 23.1 Å². The Morgan fingerprint density at radius 3 is 2.70 bits per heavy atom. The van der Waals surface area contributed by atoms with Crippen molar-refractivity contribution in [2.75, 3.05) is 13.2 Å². The summed E-state index contributed by atoms with van der Waals surface area (Å²) in [5, 5.41) is 14.3. The van der Waals surface area contributed by atoms with Gasteiger partial charge in [0.2, 0.25) is 0 Å². The van der Waals surface area contributed by atoms with Crippen LogP contribution in [0.1, 0.15) is 102 Å². The number of benzene rings is 1. The number of ether oxygens (including phenoxy) is 1. The van der Waals surface area contributed by atoms with Crippen molar-refractivity contribution in [3.63, 3.8) is 0 Å². The highest BCUT2D eigenvalue weighted by molar-refractivity contribution is 5.94. The Bertz CT molecular complexity index is 941. The highest BCUT2D eigenvalue weighted by Crippen LogP contribution is 2.63. The molecule has 1 amide bonds. The lowest BCUT2D eigenvalue weighted by atomic mass is 9.53. The number of hydrogen-bond acceptors (Lipinski definition) is 3. The molecule has 0 aliphatic heterocycles. The first kappa shape index (κ1) is 28.5. The van der Waals surface area contributed by atoms with Gasteiger partial charge in [0, 0.05) is 18.7 Å². The average molecular weight is 520 g/mol. The summed E-state index contributed by atoms with van der Waals surface area (Å²) in [5.41, 5.74) is -0.635. The van der Waals surface area contributed by atoms with Crippen LogP contribution >= 0.6 is 0 Å². The summed E-state index contributed by atoms with van der Waals surface area (Å²) >= 11 is 0. The highest BCUT2D eigenvalue weighted by atomic mass is 19.1. The van der Waals surface area contributed by atoms with E-state index in [4.69, 9.17) is 4.74 Å². The van der Waals surface area contributed by atoms with E-state index in [9.17, 15) is 18.7 Å². The van der Waals surface area contributed by atoms with E-state index in [2.05, 4.69) is 19.2 Å². The molecular weight excluding hydrogens is 472 g/mol. The molecule has 0 spiro atoms. The fourth-order valence-corrected chi connectivity index (χ4v) is 8.70. The number of rotatable bonds is 10. The summed E-state index contributed by atoms with van der Waals surface area (Å²) in [6, 6.07) is 3.06. The quantitative estimate of drug-likeness (QED) is 0.354. The van der Waals surface area contributed by atoms with E-state index in [1.54, 1.807) is 0 Å². The standard InChI is InChI=1S/C31H47F2NO3/c1-5-14-31(36,19-37-6-2)18-21-7-9-24-22(16-21)13-15-30(4)26(11-12-27(24)30)20(3)34-29(35)25-10-8-23(32)17-28(25)33/h8,10,17,20-22,24,26-27,36H,5-7,9,11-16,18-19H2,1-4H3,(H,34,35)/t20-,21+,22-,24-,26-,27+,30-,31?/m1/s1. The van der Waals surface area contributed by atoms with Crippen LogP contribution in [-0.2, 0) is 4.74 Å². The largest absolute Gasteiger partial charge is 0.387 e. The SMILES string of the molecule is CCCC(O)(COCC)C[C@H]1CC[C@@H]2[C@H](CC[C@]3(C)[C@@H]([C@@H](C)NC(=O)c4ccc(F)cc4F)CC[C@@H]23)C1. The normalized spacial score (nSPS) is 33.8. The van der Waals surface area contributed by atoms with Crippen LogP contribution < -0.4 is 5.32 Å². The third-order valence-corrected chi connectivity index (χ3v) is 10.3. The van der Waals surface area contributed by atoms with Gasteiger partial charge in [-0.1, -0.05) is 26.7 Å². The van der Waals surface area contributed by atoms with Crippen molar-refractivity contribution in [1.29, 1.82) is 0 Å². The second-order valence-electron chi connectivity index (χ2n) is 12.6. The van der Waals surface area contributed by atoms with Crippen LogP contribution in [0.2, 0.25) is 0 Å². The van der Waals surface area contributed by atoms with Crippen LogP contribution in [0.5, 0.6) is 0 Å². The molecule has 0 bridgehead atoms. The lowest BCUT2D eigenvalue weighted by molar-refractivity contribution is -0.0795. The van der Waals surface area contributed by atoms with E-state index in [0.29, 0.717) is 42.8 Å². The van der Waals surface area contributed by atoms with E-state index in [1.165, 1.54) is 38.2 Å². The predicted octanol–water partition coefficient (Wildman–Crippen LogP) is 6.90. The fourth-order valence-electron chi connectivity index (χ4n) is 8.70. The Morgan fingerprint density at radius 1 is 1.22 bits per heavy atom. The van der Waals surface area contributed by atoms with Crippen LogP contribution in [0.25, 0.3) is 0 Å². The summed E-state index contributed by atoms with van der Waals surface area (Å²) < 4.78 is 33.1. The molecule has 0 aromatic heterocycles.